The van der Waals surface area contributed by atoms with Gasteiger partial charge < -0.3 is 4.74 Å². The summed E-state index contributed by atoms with van der Waals surface area (Å²) in [6, 6.07) is 18.3. The van der Waals surface area contributed by atoms with Crippen molar-refractivity contribution < 1.29 is 17.9 Å². The molecule has 0 aliphatic heterocycles. The van der Waals surface area contributed by atoms with Crippen LogP contribution in [0.1, 0.15) is 22.8 Å². The molecule has 4 nitrogen and oxygen atoms in total. The monoisotopic (exact) mass is 344 g/mol. The maximum absolute atomic E-state index is 12.9. The minimum absolute atomic E-state index is 0.0559. The second-order valence-electron chi connectivity index (χ2n) is 5.29. The third-order valence-corrected chi connectivity index (χ3v) is 5.67. The van der Waals surface area contributed by atoms with Gasteiger partial charge in [0.15, 0.2) is 9.84 Å². The first kappa shape index (κ1) is 17.9. The van der Waals surface area contributed by atoms with Gasteiger partial charge in [-0.3, -0.25) is 0 Å². The Morgan fingerprint density at radius 2 is 1.50 bits per heavy atom. The van der Waals surface area contributed by atoms with Crippen molar-refractivity contribution in [3.63, 3.8) is 0 Å². The number of esters is 1. The molecule has 126 valence electrons. The van der Waals surface area contributed by atoms with Crippen molar-refractivity contribution in [2.24, 2.45) is 0 Å². The predicted octanol–water partition coefficient (Wildman–Crippen LogP) is 3.31. The van der Waals surface area contributed by atoms with Crippen molar-refractivity contribution in [3.05, 3.63) is 84.4 Å². The average Bonchev–Trinajstić information content (AvgIpc) is 2.60. The topological polar surface area (TPSA) is 60.4 Å². The van der Waals surface area contributed by atoms with Crippen LogP contribution in [-0.4, -0.2) is 26.7 Å². The van der Waals surface area contributed by atoms with Crippen LogP contribution in [0.5, 0.6) is 0 Å². The van der Waals surface area contributed by atoms with E-state index in [9.17, 15) is 13.2 Å². The molecule has 0 aliphatic rings. The fourth-order valence-electron chi connectivity index (χ4n) is 2.47. The van der Waals surface area contributed by atoms with E-state index >= 15 is 0 Å². The van der Waals surface area contributed by atoms with E-state index in [-0.39, 0.29) is 18.8 Å². The smallest absolute Gasteiger partial charge is 0.330 e. The molecule has 0 saturated heterocycles. The van der Waals surface area contributed by atoms with Gasteiger partial charge in [-0.2, -0.15) is 0 Å². The van der Waals surface area contributed by atoms with Crippen molar-refractivity contribution in [2.75, 3.05) is 12.4 Å². The lowest BCUT2D eigenvalue weighted by Gasteiger charge is -2.18. The van der Waals surface area contributed by atoms with E-state index in [0.717, 1.165) is 17.2 Å². The van der Waals surface area contributed by atoms with Crippen molar-refractivity contribution in [3.8, 4) is 0 Å². The summed E-state index contributed by atoms with van der Waals surface area (Å²) in [4.78, 5) is 11.0. The van der Waals surface area contributed by atoms with Crippen LogP contribution < -0.4 is 0 Å². The molecule has 0 spiro atoms. The second kappa shape index (κ2) is 8.45. The summed E-state index contributed by atoms with van der Waals surface area (Å²) in [6.07, 6.45) is 1.31. The Balaban J connectivity index is 2.20. The molecule has 24 heavy (non-hydrogen) atoms. The van der Waals surface area contributed by atoms with Crippen molar-refractivity contribution >= 4 is 15.8 Å². The highest BCUT2D eigenvalue weighted by molar-refractivity contribution is 7.91. The van der Waals surface area contributed by atoms with Gasteiger partial charge in [0.25, 0.3) is 0 Å². The van der Waals surface area contributed by atoms with Gasteiger partial charge in [0.05, 0.1) is 12.4 Å². The van der Waals surface area contributed by atoms with E-state index in [1.165, 1.54) is 0 Å². The van der Waals surface area contributed by atoms with Crippen LogP contribution in [0, 0.1) is 0 Å². The highest BCUT2D eigenvalue weighted by Gasteiger charge is 2.28. The quantitative estimate of drug-likeness (QED) is 0.419. The maximum Gasteiger partial charge on any atom is 0.330 e. The standard InChI is InChI=1S/C19H20O4S/c1-2-18(20)23-14-9-15-24(21,22)19(16-10-5-3-6-11-16)17-12-7-4-8-13-17/h2-8,10-13,19H,1,9,14-15H2. The molecule has 2 aromatic rings. The number of sulfone groups is 1. The van der Waals surface area contributed by atoms with Gasteiger partial charge >= 0.3 is 5.97 Å². The van der Waals surface area contributed by atoms with E-state index in [1.54, 1.807) is 0 Å². The lowest BCUT2D eigenvalue weighted by Crippen LogP contribution is -2.19. The van der Waals surface area contributed by atoms with Gasteiger partial charge in [0.1, 0.15) is 5.25 Å². The van der Waals surface area contributed by atoms with E-state index in [2.05, 4.69) is 6.58 Å². The molecular formula is C19H20O4S. The Bertz CT molecular complexity index is 728. The number of ether oxygens (including phenoxy) is 1. The number of rotatable bonds is 8. The molecular weight excluding hydrogens is 324 g/mol. The van der Waals surface area contributed by atoms with Gasteiger partial charge in [0, 0.05) is 6.08 Å². The zero-order chi connectivity index (χ0) is 17.4. The Morgan fingerprint density at radius 3 is 1.96 bits per heavy atom. The molecule has 0 aliphatic carbocycles. The van der Waals surface area contributed by atoms with Crippen LogP contribution in [0.25, 0.3) is 0 Å². The minimum atomic E-state index is -3.45. The highest BCUT2D eigenvalue weighted by atomic mass is 32.2. The van der Waals surface area contributed by atoms with Crippen molar-refractivity contribution in [1.82, 2.24) is 0 Å². The molecule has 0 bridgehead atoms. The van der Waals surface area contributed by atoms with Gasteiger partial charge in [0.2, 0.25) is 0 Å². The average molecular weight is 344 g/mol. The summed E-state index contributed by atoms with van der Waals surface area (Å²) in [7, 11) is -3.45. The van der Waals surface area contributed by atoms with Crippen LogP contribution in [0.15, 0.2) is 73.3 Å². The third-order valence-electron chi connectivity index (χ3n) is 3.55. The minimum Gasteiger partial charge on any atom is -0.463 e. The Labute approximate surface area is 142 Å². The van der Waals surface area contributed by atoms with Gasteiger partial charge in [-0.05, 0) is 17.5 Å². The number of carbonyl (C=O) groups is 1. The Kier molecular flexibility index (Phi) is 6.32. The van der Waals surface area contributed by atoms with E-state index in [4.69, 9.17) is 4.74 Å². The van der Waals surface area contributed by atoms with E-state index < -0.39 is 21.1 Å². The number of benzene rings is 2. The summed E-state index contributed by atoms with van der Waals surface area (Å²) in [6.45, 7) is 3.36. The van der Waals surface area contributed by atoms with Gasteiger partial charge in [-0.25, -0.2) is 13.2 Å². The number of carbonyl (C=O) groups excluding carboxylic acids is 1. The molecule has 0 fully saturated rings. The van der Waals surface area contributed by atoms with Crippen LogP contribution in [0.4, 0.5) is 0 Å². The largest absolute Gasteiger partial charge is 0.463 e. The molecule has 0 saturated carbocycles. The summed E-state index contributed by atoms with van der Waals surface area (Å²) in [5.41, 5.74) is 1.46. The van der Waals surface area contributed by atoms with Crippen molar-refractivity contribution in [2.45, 2.75) is 11.7 Å². The summed E-state index contributed by atoms with van der Waals surface area (Å²) < 4.78 is 30.6. The molecule has 0 heterocycles. The molecule has 0 unspecified atom stereocenters. The molecule has 5 heteroatoms. The van der Waals surface area contributed by atoms with Crippen LogP contribution >= 0.6 is 0 Å². The molecule has 2 aromatic carbocycles. The van der Waals surface area contributed by atoms with Crippen LogP contribution in [0.3, 0.4) is 0 Å². The fourth-order valence-corrected chi connectivity index (χ4v) is 4.37. The summed E-state index contributed by atoms with van der Waals surface area (Å²) in [5.74, 6) is -0.610. The fraction of sp³-hybridized carbons (Fsp3) is 0.211. The normalized spacial score (nSPS) is 11.2. The van der Waals surface area contributed by atoms with Crippen LogP contribution in [0.2, 0.25) is 0 Å². The second-order valence-corrected chi connectivity index (χ2v) is 7.50. The zero-order valence-corrected chi connectivity index (χ0v) is 14.1. The molecule has 0 amide bonds. The maximum atomic E-state index is 12.9. The predicted molar refractivity (Wildman–Crippen MR) is 94.3 cm³/mol. The summed E-state index contributed by atoms with van der Waals surface area (Å²) >= 11 is 0. The van der Waals surface area contributed by atoms with E-state index in [1.807, 2.05) is 60.7 Å². The first-order valence-corrected chi connectivity index (χ1v) is 9.37. The number of hydrogen-bond acceptors (Lipinski definition) is 4. The zero-order valence-electron chi connectivity index (χ0n) is 13.3. The molecule has 0 radical (unpaired) electrons. The first-order valence-electron chi connectivity index (χ1n) is 7.65. The van der Waals surface area contributed by atoms with Crippen LogP contribution in [-0.2, 0) is 19.4 Å². The third kappa shape index (κ3) is 4.80. The SMILES string of the molecule is C=CC(=O)OCCCS(=O)(=O)C(c1ccccc1)c1ccccc1. The van der Waals surface area contributed by atoms with Gasteiger partial charge in [-0.15, -0.1) is 0 Å². The van der Waals surface area contributed by atoms with Gasteiger partial charge in [-0.1, -0.05) is 67.2 Å². The lowest BCUT2D eigenvalue weighted by atomic mass is 10.0. The Morgan fingerprint density at radius 1 is 1.00 bits per heavy atom. The van der Waals surface area contributed by atoms with E-state index in [0.29, 0.717) is 0 Å². The molecule has 0 aromatic heterocycles. The number of hydrogen-bond donors (Lipinski definition) is 0. The first-order chi connectivity index (χ1) is 11.5. The molecule has 2 rings (SSSR count). The highest BCUT2D eigenvalue weighted by Crippen LogP contribution is 2.31. The lowest BCUT2D eigenvalue weighted by molar-refractivity contribution is -0.137. The van der Waals surface area contributed by atoms with Crippen molar-refractivity contribution in [1.29, 1.82) is 0 Å². The molecule has 0 atom stereocenters. The molecule has 0 N–H and O–H groups in total. The Hall–Kier alpha value is -2.40. The summed E-state index contributed by atoms with van der Waals surface area (Å²) in [5, 5.41) is -0.727.